The fraction of sp³-hybridized carbons (Fsp3) is 0.267. The number of rotatable bonds is 7. The van der Waals surface area contributed by atoms with Gasteiger partial charge in [-0.25, -0.2) is 15.3 Å². The van der Waals surface area contributed by atoms with Crippen LogP contribution in [0.15, 0.2) is 37.9 Å². The van der Waals surface area contributed by atoms with Crippen molar-refractivity contribution in [3.05, 3.63) is 44.6 Å². The number of aromatic nitrogens is 3. The fourth-order valence-corrected chi connectivity index (χ4v) is 2.66. The van der Waals surface area contributed by atoms with Gasteiger partial charge in [-0.3, -0.25) is 14.6 Å². The Morgan fingerprint density at radius 3 is 2.77 bits per heavy atom. The maximum Gasteiger partial charge on any atom is 0.342 e. The normalized spacial score (nSPS) is 12.0. The molecule has 2 rings (SSSR count). The molecule has 1 unspecified atom stereocenters. The highest BCUT2D eigenvalue weighted by molar-refractivity contribution is 8.00. The van der Waals surface area contributed by atoms with E-state index in [4.69, 9.17) is 9.47 Å². The molecular formula is C15H17N5O5S. The number of ether oxygens (including phenoxy) is 2. The second-order valence-corrected chi connectivity index (χ2v) is 6.22. The molecule has 1 atom stereocenters. The Bertz CT molecular complexity index is 923. The molecule has 10 nitrogen and oxygen atoms in total. The van der Waals surface area contributed by atoms with Gasteiger partial charge in [-0.05, 0) is 19.1 Å². The van der Waals surface area contributed by atoms with E-state index in [-0.39, 0.29) is 5.03 Å². The standard InChI is InChI=1S/C15H17N5O5S/c1-8(26-14-13(22)17-15(23)20-19-14)12(21)18-16-7-9-5-4-6-10(24-2)11(9)25-3/h4-8H,1-3H3,(H,18,21)(H2,17,20,22,23)/b16-7+. The lowest BCUT2D eigenvalue weighted by Crippen LogP contribution is -2.30. The van der Waals surface area contributed by atoms with E-state index >= 15 is 0 Å². The first kappa shape index (κ1) is 19.2. The van der Waals surface area contributed by atoms with E-state index in [1.54, 1.807) is 25.1 Å². The molecule has 3 N–H and O–H groups in total. The van der Waals surface area contributed by atoms with E-state index < -0.39 is 22.4 Å². The number of aromatic amines is 2. The summed E-state index contributed by atoms with van der Waals surface area (Å²) in [6.45, 7) is 1.58. The maximum absolute atomic E-state index is 12.1. The molecule has 2 aromatic rings. The molecule has 0 fully saturated rings. The predicted octanol–water partition coefficient (Wildman–Crippen LogP) is 0.106. The molecule has 26 heavy (non-hydrogen) atoms. The number of hydrogen-bond acceptors (Lipinski definition) is 8. The SMILES string of the molecule is COc1cccc(/C=N/NC(=O)C(C)Sc2n[nH]c(=O)[nH]c2=O)c1OC. The lowest BCUT2D eigenvalue weighted by atomic mass is 10.2. The third-order valence-corrected chi connectivity index (χ3v) is 4.22. The summed E-state index contributed by atoms with van der Waals surface area (Å²) in [5, 5.41) is 8.90. The van der Waals surface area contributed by atoms with Crippen LogP contribution in [0.3, 0.4) is 0 Å². The molecule has 0 bridgehead atoms. The number of hydrogen-bond donors (Lipinski definition) is 3. The van der Waals surface area contributed by atoms with Crippen LogP contribution in [0.1, 0.15) is 12.5 Å². The van der Waals surface area contributed by atoms with Gasteiger partial charge in [0, 0.05) is 5.56 Å². The molecule has 1 aromatic heterocycles. The van der Waals surface area contributed by atoms with Crippen molar-refractivity contribution >= 4 is 23.9 Å². The first-order chi connectivity index (χ1) is 12.5. The van der Waals surface area contributed by atoms with Crippen molar-refractivity contribution < 1.29 is 14.3 Å². The highest BCUT2D eigenvalue weighted by atomic mass is 32.2. The van der Waals surface area contributed by atoms with Gasteiger partial charge in [0.2, 0.25) is 0 Å². The van der Waals surface area contributed by atoms with Gasteiger partial charge in [0.05, 0.1) is 25.7 Å². The van der Waals surface area contributed by atoms with Crippen molar-refractivity contribution in [3.8, 4) is 11.5 Å². The second kappa shape index (κ2) is 8.85. The quantitative estimate of drug-likeness (QED) is 0.352. The van der Waals surface area contributed by atoms with Crippen molar-refractivity contribution in [2.75, 3.05) is 14.2 Å². The van der Waals surface area contributed by atoms with Crippen LogP contribution in [-0.4, -0.2) is 46.8 Å². The smallest absolute Gasteiger partial charge is 0.342 e. The largest absolute Gasteiger partial charge is 0.493 e. The summed E-state index contributed by atoms with van der Waals surface area (Å²) in [7, 11) is 3.02. The minimum absolute atomic E-state index is 0.0225. The summed E-state index contributed by atoms with van der Waals surface area (Å²) in [4.78, 5) is 36.6. The number of carbonyl (C=O) groups excluding carboxylic acids is 1. The van der Waals surface area contributed by atoms with E-state index in [2.05, 4.69) is 20.7 Å². The van der Waals surface area contributed by atoms with Crippen LogP contribution < -0.4 is 26.1 Å². The zero-order valence-corrected chi connectivity index (χ0v) is 15.0. The first-order valence-corrected chi connectivity index (χ1v) is 8.23. The van der Waals surface area contributed by atoms with Gasteiger partial charge < -0.3 is 9.47 Å². The van der Waals surface area contributed by atoms with Gasteiger partial charge >= 0.3 is 5.69 Å². The summed E-state index contributed by atoms with van der Waals surface area (Å²) in [6.07, 6.45) is 1.42. The molecule has 0 saturated carbocycles. The molecule has 1 amide bonds. The van der Waals surface area contributed by atoms with Crippen molar-refractivity contribution in [1.29, 1.82) is 0 Å². The van der Waals surface area contributed by atoms with Gasteiger partial charge in [-0.15, -0.1) is 0 Å². The van der Waals surface area contributed by atoms with Gasteiger partial charge in [0.25, 0.3) is 11.5 Å². The topological polar surface area (TPSA) is 139 Å². The predicted molar refractivity (Wildman–Crippen MR) is 96.1 cm³/mol. The number of carbonyl (C=O) groups is 1. The maximum atomic E-state index is 12.1. The number of nitrogens with one attached hydrogen (secondary N) is 3. The Morgan fingerprint density at radius 1 is 1.35 bits per heavy atom. The Balaban J connectivity index is 2.03. The lowest BCUT2D eigenvalue weighted by molar-refractivity contribution is -0.120. The molecule has 138 valence electrons. The van der Waals surface area contributed by atoms with Crippen LogP contribution in [0.25, 0.3) is 0 Å². The number of nitrogens with zero attached hydrogens (tertiary/aromatic N) is 2. The summed E-state index contributed by atoms with van der Waals surface area (Å²) >= 11 is 0.891. The van der Waals surface area contributed by atoms with E-state index in [0.29, 0.717) is 17.1 Å². The van der Waals surface area contributed by atoms with Crippen LogP contribution in [0.4, 0.5) is 0 Å². The highest BCUT2D eigenvalue weighted by Crippen LogP contribution is 2.29. The van der Waals surface area contributed by atoms with Gasteiger partial charge in [0.1, 0.15) is 0 Å². The third-order valence-electron chi connectivity index (χ3n) is 3.15. The first-order valence-electron chi connectivity index (χ1n) is 7.35. The minimum atomic E-state index is -0.715. The van der Waals surface area contributed by atoms with Crippen molar-refractivity contribution in [2.24, 2.45) is 5.10 Å². The molecule has 1 heterocycles. The van der Waals surface area contributed by atoms with E-state index in [0.717, 1.165) is 11.8 Å². The number of benzene rings is 1. The molecule has 1 aromatic carbocycles. The van der Waals surface area contributed by atoms with Crippen LogP contribution in [0.2, 0.25) is 0 Å². The minimum Gasteiger partial charge on any atom is -0.493 e. The summed E-state index contributed by atoms with van der Waals surface area (Å²) in [5.74, 6) is 0.579. The average molecular weight is 379 g/mol. The average Bonchev–Trinajstić information content (AvgIpc) is 2.63. The monoisotopic (exact) mass is 379 g/mol. The molecule has 0 spiro atoms. The highest BCUT2D eigenvalue weighted by Gasteiger charge is 2.17. The zero-order chi connectivity index (χ0) is 19.1. The Labute approximate surface area is 152 Å². The Kier molecular flexibility index (Phi) is 6.55. The number of H-pyrrole nitrogens is 2. The summed E-state index contributed by atoms with van der Waals surface area (Å²) < 4.78 is 10.5. The third kappa shape index (κ3) is 4.72. The molecule has 0 aliphatic heterocycles. The number of hydrazone groups is 1. The van der Waals surface area contributed by atoms with Gasteiger partial charge in [-0.2, -0.15) is 10.2 Å². The number of methoxy groups -OCH3 is 2. The number of amides is 1. The van der Waals surface area contributed by atoms with E-state index in [1.807, 2.05) is 4.98 Å². The van der Waals surface area contributed by atoms with Crippen molar-refractivity contribution in [2.45, 2.75) is 17.2 Å². The van der Waals surface area contributed by atoms with Crippen LogP contribution in [0.5, 0.6) is 11.5 Å². The van der Waals surface area contributed by atoms with Crippen LogP contribution >= 0.6 is 11.8 Å². The van der Waals surface area contributed by atoms with Crippen molar-refractivity contribution in [1.82, 2.24) is 20.6 Å². The summed E-state index contributed by atoms with van der Waals surface area (Å²) in [6, 6.07) is 5.25. The van der Waals surface area contributed by atoms with E-state index in [9.17, 15) is 14.4 Å². The molecule has 11 heteroatoms. The lowest BCUT2D eigenvalue weighted by Gasteiger charge is -2.10. The Hall–Kier alpha value is -3.08. The molecular weight excluding hydrogens is 362 g/mol. The van der Waals surface area contributed by atoms with E-state index in [1.165, 1.54) is 20.4 Å². The molecule has 0 radical (unpaired) electrons. The van der Waals surface area contributed by atoms with Gasteiger partial charge in [-0.1, -0.05) is 17.8 Å². The second-order valence-electron chi connectivity index (χ2n) is 4.89. The fourth-order valence-electron chi connectivity index (χ4n) is 1.91. The molecule has 0 aliphatic rings. The number of para-hydroxylation sites is 1. The van der Waals surface area contributed by atoms with Gasteiger partial charge in [0.15, 0.2) is 16.5 Å². The zero-order valence-electron chi connectivity index (χ0n) is 14.2. The van der Waals surface area contributed by atoms with Crippen molar-refractivity contribution in [3.63, 3.8) is 0 Å². The number of thioether (sulfide) groups is 1. The Morgan fingerprint density at radius 2 is 2.12 bits per heavy atom. The summed E-state index contributed by atoms with van der Waals surface area (Å²) in [5.41, 5.74) is 1.61. The molecule has 0 aliphatic carbocycles. The van der Waals surface area contributed by atoms with Crippen LogP contribution in [0, 0.1) is 0 Å². The molecule has 0 saturated heterocycles. The van der Waals surface area contributed by atoms with Crippen LogP contribution in [-0.2, 0) is 4.79 Å².